The standard InChI is InChI=1S/C18H20BrNO5S2/c1-4-24-13-9-11(8-12(19)16(13)23-3)10-14-17(22)20(18(26)27-14)7-6-15(21)25-5-2/h8-10H,4-7H2,1-3H3/b14-10-. The molecule has 1 heterocycles. The van der Waals surface area contributed by atoms with Gasteiger partial charge < -0.3 is 14.2 Å². The van der Waals surface area contributed by atoms with Crippen LogP contribution < -0.4 is 9.47 Å². The summed E-state index contributed by atoms with van der Waals surface area (Å²) in [6, 6.07) is 3.64. The quantitative estimate of drug-likeness (QED) is 0.321. The van der Waals surface area contributed by atoms with Gasteiger partial charge in [0.2, 0.25) is 0 Å². The van der Waals surface area contributed by atoms with Gasteiger partial charge in [0.15, 0.2) is 11.5 Å². The largest absolute Gasteiger partial charge is 0.492 e. The number of rotatable bonds is 8. The molecule has 27 heavy (non-hydrogen) atoms. The summed E-state index contributed by atoms with van der Waals surface area (Å²) in [7, 11) is 1.57. The summed E-state index contributed by atoms with van der Waals surface area (Å²) in [5.74, 6) is 0.601. The molecule has 1 aromatic carbocycles. The van der Waals surface area contributed by atoms with Crippen LogP contribution in [0.15, 0.2) is 21.5 Å². The predicted molar refractivity (Wildman–Crippen MR) is 113 cm³/mol. The highest BCUT2D eigenvalue weighted by atomic mass is 79.9. The van der Waals surface area contributed by atoms with E-state index in [1.165, 1.54) is 16.7 Å². The molecule has 0 aromatic heterocycles. The Balaban J connectivity index is 2.21. The lowest BCUT2D eigenvalue weighted by atomic mass is 10.2. The van der Waals surface area contributed by atoms with Gasteiger partial charge in [0, 0.05) is 6.54 Å². The molecule has 1 aliphatic rings. The second-order valence-corrected chi connectivity index (χ2v) is 7.89. The van der Waals surface area contributed by atoms with E-state index < -0.39 is 0 Å². The molecule has 9 heteroatoms. The van der Waals surface area contributed by atoms with Crippen LogP contribution in [0, 0.1) is 0 Å². The highest BCUT2D eigenvalue weighted by Gasteiger charge is 2.32. The van der Waals surface area contributed by atoms with Crippen LogP contribution in [0.4, 0.5) is 0 Å². The first-order valence-electron chi connectivity index (χ1n) is 8.32. The van der Waals surface area contributed by atoms with E-state index in [1.54, 1.807) is 26.2 Å². The molecule has 0 spiro atoms. The lowest BCUT2D eigenvalue weighted by molar-refractivity contribution is -0.143. The molecule has 0 saturated carbocycles. The number of esters is 1. The number of thiocarbonyl (C=S) groups is 1. The topological polar surface area (TPSA) is 65.1 Å². The summed E-state index contributed by atoms with van der Waals surface area (Å²) in [5.41, 5.74) is 0.775. The van der Waals surface area contributed by atoms with E-state index in [9.17, 15) is 9.59 Å². The summed E-state index contributed by atoms with van der Waals surface area (Å²) in [6.45, 7) is 4.63. The fourth-order valence-corrected chi connectivity index (χ4v) is 4.34. The Morgan fingerprint density at radius 2 is 2.07 bits per heavy atom. The Kier molecular flexibility index (Phi) is 8.12. The van der Waals surface area contributed by atoms with Gasteiger partial charge >= 0.3 is 5.97 Å². The third-order valence-electron chi connectivity index (χ3n) is 3.55. The van der Waals surface area contributed by atoms with Gasteiger partial charge in [-0.1, -0.05) is 24.0 Å². The van der Waals surface area contributed by atoms with Crippen LogP contribution in [0.1, 0.15) is 25.8 Å². The van der Waals surface area contributed by atoms with E-state index in [0.717, 1.165) is 10.0 Å². The minimum Gasteiger partial charge on any atom is -0.492 e. The monoisotopic (exact) mass is 473 g/mol. The van der Waals surface area contributed by atoms with Crippen molar-refractivity contribution in [3.05, 3.63) is 27.1 Å². The Labute approximate surface area is 176 Å². The van der Waals surface area contributed by atoms with Crippen molar-refractivity contribution in [2.24, 2.45) is 0 Å². The molecular weight excluding hydrogens is 454 g/mol. The highest BCUT2D eigenvalue weighted by Crippen LogP contribution is 2.39. The molecule has 1 aromatic rings. The summed E-state index contributed by atoms with van der Waals surface area (Å²) in [5, 5.41) is 0. The average Bonchev–Trinajstić information content (AvgIpc) is 2.87. The molecule has 0 aliphatic carbocycles. The van der Waals surface area contributed by atoms with Crippen molar-refractivity contribution in [1.29, 1.82) is 0 Å². The van der Waals surface area contributed by atoms with Crippen molar-refractivity contribution in [2.45, 2.75) is 20.3 Å². The van der Waals surface area contributed by atoms with Gasteiger partial charge in [-0.3, -0.25) is 14.5 Å². The number of amides is 1. The number of hydrogen-bond acceptors (Lipinski definition) is 7. The van der Waals surface area contributed by atoms with E-state index in [1.807, 2.05) is 13.0 Å². The number of halogens is 1. The van der Waals surface area contributed by atoms with Crippen LogP contribution in [-0.2, 0) is 14.3 Å². The first-order chi connectivity index (χ1) is 12.9. The number of methoxy groups -OCH3 is 1. The minimum absolute atomic E-state index is 0.107. The molecule has 0 N–H and O–H groups in total. The van der Waals surface area contributed by atoms with Gasteiger partial charge in [0.1, 0.15) is 4.32 Å². The van der Waals surface area contributed by atoms with E-state index in [4.69, 9.17) is 26.4 Å². The molecule has 1 aliphatic heterocycles. The molecule has 146 valence electrons. The number of hydrogen-bond donors (Lipinski definition) is 0. The van der Waals surface area contributed by atoms with Crippen molar-refractivity contribution in [3.8, 4) is 11.5 Å². The SMILES string of the molecule is CCOC(=O)CCN1C(=O)/C(=C/c2cc(Br)c(OC)c(OCC)c2)SC1=S. The maximum atomic E-state index is 12.6. The van der Waals surface area contributed by atoms with Crippen molar-refractivity contribution in [1.82, 2.24) is 4.90 Å². The fraction of sp³-hybridized carbons (Fsp3) is 0.389. The van der Waals surface area contributed by atoms with Crippen molar-refractivity contribution in [2.75, 3.05) is 26.9 Å². The van der Waals surface area contributed by atoms with E-state index in [2.05, 4.69) is 15.9 Å². The zero-order valence-corrected chi connectivity index (χ0v) is 18.5. The minimum atomic E-state index is -0.351. The summed E-state index contributed by atoms with van der Waals surface area (Å²) >= 11 is 9.95. The van der Waals surface area contributed by atoms with Gasteiger partial charge in [0.25, 0.3) is 5.91 Å². The average molecular weight is 474 g/mol. The van der Waals surface area contributed by atoms with E-state index >= 15 is 0 Å². The summed E-state index contributed by atoms with van der Waals surface area (Å²) in [6.07, 6.45) is 1.85. The predicted octanol–water partition coefficient (Wildman–Crippen LogP) is 4.01. The summed E-state index contributed by atoms with van der Waals surface area (Å²) in [4.78, 5) is 26.1. The van der Waals surface area contributed by atoms with Crippen LogP contribution >= 0.6 is 39.9 Å². The summed E-state index contributed by atoms with van der Waals surface area (Å²) < 4.78 is 17.0. The van der Waals surface area contributed by atoms with Gasteiger partial charge in [-0.25, -0.2) is 0 Å². The van der Waals surface area contributed by atoms with Crippen LogP contribution in [0.2, 0.25) is 0 Å². The van der Waals surface area contributed by atoms with Crippen LogP contribution in [0.3, 0.4) is 0 Å². The van der Waals surface area contributed by atoms with Crippen LogP contribution in [0.25, 0.3) is 6.08 Å². The number of benzene rings is 1. The Morgan fingerprint density at radius 1 is 1.33 bits per heavy atom. The Hall–Kier alpha value is -1.58. The highest BCUT2D eigenvalue weighted by molar-refractivity contribution is 9.10. The van der Waals surface area contributed by atoms with Crippen LogP contribution in [0.5, 0.6) is 11.5 Å². The molecule has 1 fully saturated rings. The van der Waals surface area contributed by atoms with Gasteiger partial charge in [-0.15, -0.1) is 0 Å². The maximum absolute atomic E-state index is 12.6. The number of thioether (sulfide) groups is 1. The second-order valence-electron chi connectivity index (χ2n) is 5.36. The van der Waals surface area contributed by atoms with Gasteiger partial charge in [-0.05, 0) is 53.5 Å². The van der Waals surface area contributed by atoms with E-state index in [-0.39, 0.29) is 24.8 Å². The van der Waals surface area contributed by atoms with E-state index in [0.29, 0.717) is 33.9 Å². The van der Waals surface area contributed by atoms with Crippen molar-refractivity contribution >= 4 is 62.2 Å². The van der Waals surface area contributed by atoms with Gasteiger partial charge in [0.05, 0.1) is 36.1 Å². The molecular formula is C18H20BrNO5S2. The Morgan fingerprint density at radius 3 is 2.70 bits per heavy atom. The molecule has 6 nitrogen and oxygen atoms in total. The molecule has 0 unspecified atom stereocenters. The number of ether oxygens (including phenoxy) is 3. The maximum Gasteiger partial charge on any atom is 0.307 e. The lowest BCUT2D eigenvalue weighted by Gasteiger charge is -2.13. The number of carbonyl (C=O) groups excluding carboxylic acids is 2. The second kappa shape index (κ2) is 10.1. The molecule has 0 bridgehead atoms. The third-order valence-corrected chi connectivity index (χ3v) is 5.52. The lowest BCUT2D eigenvalue weighted by Crippen LogP contribution is -2.30. The number of nitrogens with zero attached hydrogens (tertiary/aromatic N) is 1. The smallest absolute Gasteiger partial charge is 0.307 e. The molecule has 1 saturated heterocycles. The zero-order chi connectivity index (χ0) is 20.0. The molecule has 0 radical (unpaired) electrons. The van der Waals surface area contributed by atoms with Crippen LogP contribution in [-0.4, -0.2) is 48.0 Å². The first-order valence-corrected chi connectivity index (χ1v) is 10.3. The van der Waals surface area contributed by atoms with Crippen molar-refractivity contribution < 1.29 is 23.8 Å². The molecule has 2 rings (SSSR count). The zero-order valence-electron chi connectivity index (χ0n) is 15.2. The number of carbonyl (C=O) groups is 2. The first kappa shape index (κ1) is 21.7. The molecule has 1 amide bonds. The third kappa shape index (κ3) is 5.46. The molecule has 0 atom stereocenters. The fourth-order valence-electron chi connectivity index (χ4n) is 2.41. The van der Waals surface area contributed by atoms with Gasteiger partial charge in [-0.2, -0.15) is 0 Å². The van der Waals surface area contributed by atoms with Crippen molar-refractivity contribution in [3.63, 3.8) is 0 Å². The normalized spacial score (nSPS) is 15.4. The Bertz CT molecular complexity index is 781.